The summed E-state index contributed by atoms with van der Waals surface area (Å²) in [4.78, 5) is 10.5. The monoisotopic (exact) mass is 470 g/mol. The molecule has 22 heavy (non-hydrogen) atoms. The number of hydrogen-bond donors (Lipinski definition) is 1. The third-order valence-electron chi connectivity index (χ3n) is 2.86. The second-order valence-corrected chi connectivity index (χ2v) is 6.22. The molecule has 0 aliphatic rings. The van der Waals surface area contributed by atoms with E-state index in [0.717, 1.165) is 16.5 Å². The number of thiazole rings is 1. The molecule has 2 aromatic rings. The van der Waals surface area contributed by atoms with Gasteiger partial charge < -0.3 is 10.2 Å². The minimum Gasteiger partial charge on any atom is -0.350 e. The van der Waals surface area contributed by atoms with Gasteiger partial charge in [-0.2, -0.15) is 0 Å². The van der Waals surface area contributed by atoms with Gasteiger partial charge in [-0.1, -0.05) is 29.3 Å². The lowest BCUT2D eigenvalue weighted by Gasteiger charge is -2.22. The first kappa shape index (κ1) is 19.5. The van der Waals surface area contributed by atoms with Gasteiger partial charge in [-0.15, -0.1) is 35.3 Å². The van der Waals surface area contributed by atoms with E-state index in [2.05, 4.69) is 15.3 Å². The number of nitrogens with zero attached hydrogens (tertiary/aromatic N) is 3. The van der Waals surface area contributed by atoms with Crippen molar-refractivity contribution >= 4 is 64.5 Å². The average Bonchev–Trinajstić information content (AvgIpc) is 2.97. The predicted molar refractivity (Wildman–Crippen MR) is 106 cm³/mol. The van der Waals surface area contributed by atoms with Crippen LogP contribution in [0, 0.1) is 0 Å². The number of rotatable bonds is 4. The van der Waals surface area contributed by atoms with Crippen LogP contribution in [0.1, 0.15) is 10.6 Å². The van der Waals surface area contributed by atoms with Crippen LogP contribution in [0.5, 0.6) is 0 Å². The number of hydrogen-bond acceptors (Lipinski definition) is 3. The van der Waals surface area contributed by atoms with E-state index in [-0.39, 0.29) is 24.0 Å². The Labute approximate surface area is 161 Å². The van der Waals surface area contributed by atoms with Crippen LogP contribution in [0.4, 0.5) is 0 Å². The molecule has 0 spiro atoms. The van der Waals surface area contributed by atoms with Crippen LogP contribution in [0.15, 0.2) is 34.8 Å². The van der Waals surface area contributed by atoms with Crippen LogP contribution < -0.4 is 5.32 Å². The van der Waals surface area contributed by atoms with Crippen LogP contribution in [-0.4, -0.2) is 29.9 Å². The maximum Gasteiger partial charge on any atom is 0.194 e. The van der Waals surface area contributed by atoms with Gasteiger partial charge in [0.05, 0.1) is 16.6 Å². The fourth-order valence-corrected chi connectivity index (χ4v) is 2.74. The van der Waals surface area contributed by atoms with E-state index in [1.54, 1.807) is 30.6 Å². The summed E-state index contributed by atoms with van der Waals surface area (Å²) in [6, 6.07) is 5.63. The first-order chi connectivity index (χ1) is 10.1. The number of guanidine groups is 1. The molecule has 0 aliphatic heterocycles. The van der Waals surface area contributed by atoms with Crippen LogP contribution in [0.3, 0.4) is 0 Å². The van der Waals surface area contributed by atoms with Gasteiger partial charge in [-0.3, -0.25) is 4.99 Å². The molecular formula is C14H17Cl2IN4S. The van der Waals surface area contributed by atoms with Crippen molar-refractivity contribution in [3.05, 3.63) is 50.4 Å². The Morgan fingerprint density at radius 1 is 1.36 bits per heavy atom. The summed E-state index contributed by atoms with van der Waals surface area (Å²) in [5, 5.41) is 7.39. The smallest absolute Gasteiger partial charge is 0.194 e. The van der Waals surface area contributed by atoms with Gasteiger partial charge in [-0.05, 0) is 17.7 Å². The highest BCUT2D eigenvalue weighted by molar-refractivity contribution is 14.0. The van der Waals surface area contributed by atoms with E-state index in [4.69, 9.17) is 23.2 Å². The number of aliphatic imine (C=N–C) groups is 1. The molecule has 4 nitrogen and oxygen atoms in total. The SMILES string of the molecule is CN=C(NCc1nccs1)N(C)Cc1ccc(Cl)c(Cl)c1.I. The molecule has 120 valence electrons. The van der Waals surface area contributed by atoms with E-state index < -0.39 is 0 Å². The molecule has 1 aromatic carbocycles. The van der Waals surface area contributed by atoms with E-state index in [0.29, 0.717) is 23.1 Å². The first-order valence-corrected chi connectivity index (χ1v) is 7.98. The molecule has 0 radical (unpaired) electrons. The number of aromatic nitrogens is 1. The molecule has 8 heteroatoms. The molecule has 0 amide bonds. The number of halogens is 3. The highest BCUT2D eigenvalue weighted by atomic mass is 127. The highest BCUT2D eigenvalue weighted by Crippen LogP contribution is 2.23. The standard InChI is InChI=1S/C14H16Cl2N4S.HI/c1-17-14(19-8-13-18-5-6-21-13)20(2)9-10-3-4-11(15)12(16)7-10;/h3-7H,8-9H2,1-2H3,(H,17,19);1H. The van der Waals surface area contributed by atoms with Gasteiger partial charge >= 0.3 is 0 Å². The number of nitrogens with one attached hydrogen (secondary N) is 1. The Bertz CT molecular complexity index is 619. The Kier molecular flexibility index (Phi) is 8.45. The molecule has 0 bridgehead atoms. The van der Waals surface area contributed by atoms with Gasteiger partial charge in [0.15, 0.2) is 5.96 Å². The van der Waals surface area contributed by atoms with Crippen molar-refractivity contribution in [2.24, 2.45) is 4.99 Å². The summed E-state index contributed by atoms with van der Waals surface area (Å²) in [6.45, 7) is 1.35. The van der Waals surface area contributed by atoms with Gasteiger partial charge in [0.1, 0.15) is 5.01 Å². The maximum absolute atomic E-state index is 6.04. The first-order valence-electron chi connectivity index (χ1n) is 6.34. The Balaban J connectivity index is 0.00000242. The lowest BCUT2D eigenvalue weighted by atomic mass is 10.2. The molecule has 0 atom stereocenters. The van der Waals surface area contributed by atoms with Crippen molar-refractivity contribution < 1.29 is 0 Å². The van der Waals surface area contributed by atoms with E-state index >= 15 is 0 Å². The zero-order valence-corrected chi connectivity index (χ0v) is 16.9. The molecule has 0 fully saturated rings. The molecule has 0 aliphatic carbocycles. The Morgan fingerprint density at radius 3 is 2.73 bits per heavy atom. The summed E-state index contributed by atoms with van der Waals surface area (Å²) in [7, 11) is 3.73. The van der Waals surface area contributed by atoms with Gasteiger partial charge in [0.25, 0.3) is 0 Å². The normalized spacial score (nSPS) is 11.0. The summed E-state index contributed by atoms with van der Waals surface area (Å²) in [5.41, 5.74) is 1.07. The minimum absolute atomic E-state index is 0. The lowest BCUT2D eigenvalue weighted by Crippen LogP contribution is -2.38. The zero-order chi connectivity index (χ0) is 15.2. The van der Waals surface area contributed by atoms with Crippen molar-refractivity contribution in [3.8, 4) is 0 Å². The quantitative estimate of drug-likeness (QED) is 0.412. The van der Waals surface area contributed by atoms with Gasteiger partial charge in [0, 0.05) is 32.2 Å². The average molecular weight is 471 g/mol. The van der Waals surface area contributed by atoms with E-state index in [1.165, 1.54) is 0 Å². The van der Waals surface area contributed by atoms with Crippen molar-refractivity contribution in [1.29, 1.82) is 0 Å². The Morgan fingerprint density at radius 2 is 2.14 bits per heavy atom. The summed E-state index contributed by atoms with van der Waals surface area (Å²) in [5.74, 6) is 0.802. The van der Waals surface area contributed by atoms with Gasteiger partial charge in [-0.25, -0.2) is 4.98 Å². The molecule has 0 saturated heterocycles. The fraction of sp³-hybridized carbons (Fsp3) is 0.286. The van der Waals surface area contributed by atoms with Crippen molar-refractivity contribution in [3.63, 3.8) is 0 Å². The van der Waals surface area contributed by atoms with Crippen LogP contribution in [-0.2, 0) is 13.1 Å². The second-order valence-electron chi connectivity index (χ2n) is 4.43. The fourth-order valence-electron chi connectivity index (χ4n) is 1.87. The molecular weight excluding hydrogens is 454 g/mol. The largest absolute Gasteiger partial charge is 0.350 e. The minimum atomic E-state index is 0. The molecule has 0 unspecified atom stereocenters. The second kappa shape index (κ2) is 9.54. The van der Waals surface area contributed by atoms with Crippen molar-refractivity contribution in [2.45, 2.75) is 13.1 Å². The third-order valence-corrected chi connectivity index (χ3v) is 4.38. The molecule has 0 saturated carbocycles. The van der Waals surface area contributed by atoms with Gasteiger partial charge in [0.2, 0.25) is 0 Å². The van der Waals surface area contributed by atoms with Crippen LogP contribution >= 0.6 is 58.5 Å². The van der Waals surface area contributed by atoms with Crippen LogP contribution in [0.2, 0.25) is 10.0 Å². The predicted octanol–water partition coefficient (Wildman–Crippen LogP) is 4.28. The van der Waals surface area contributed by atoms with E-state index in [9.17, 15) is 0 Å². The van der Waals surface area contributed by atoms with Crippen molar-refractivity contribution in [1.82, 2.24) is 15.2 Å². The van der Waals surface area contributed by atoms with Crippen molar-refractivity contribution in [2.75, 3.05) is 14.1 Å². The van der Waals surface area contributed by atoms with Crippen LogP contribution in [0.25, 0.3) is 0 Å². The zero-order valence-electron chi connectivity index (χ0n) is 12.2. The highest BCUT2D eigenvalue weighted by Gasteiger charge is 2.08. The number of benzene rings is 1. The third kappa shape index (κ3) is 5.57. The summed E-state index contributed by atoms with van der Waals surface area (Å²) >= 11 is 13.6. The topological polar surface area (TPSA) is 40.5 Å². The summed E-state index contributed by atoms with van der Waals surface area (Å²) in [6.07, 6.45) is 1.80. The molecule has 1 heterocycles. The summed E-state index contributed by atoms with van der Waals surface area (Å²) < 4.78 is 0. The Hall–Kier alpha value is -0.570. The maximum atomic E-state index is 6.04. The lowest BCUT2D eigenvalue weighted by molar-refractivity contribution is 0.476. The molecule has 1 aromatic heterocycles. The molecule has 2 rings (SSSR count). The molecule has 1 N–H and O–H groups in total. The van der Waals surface area contributed by atoms with E-state index in [1.807, 2.05) is 29.5 Å².